The lowest BCUT2D eigenvalue weighted by Crippen LogP contribution is -2.43. The highest BCUT2D eigenvalue weighted by atomic mass is 16.3. The van der Waals surface area contributed by atoms with Gasteiger partial charge in [0.15, 0.2) is 0 Å². The molecule has 1 saturated carbocycles. The number of aliphatic hydroxyl groups excluding tert-OH is 1. The van der Waals surface area contributed by atoms with E-state index in [1.54, 1.807) is 0 Å². The minimum absolute atomic E-state index is 0.178. The van der Waals surface area contributed by atoms with E-state index >= 15 is 0 Å². The number of fused-ring (bicyclic) bond motifs is 1. The summed E-state index contributed by atoms with van der Waals surface area (Å²) in [4.78, 5) is 12.0. The van der Waals surface area contributed by atoms with E-state index in [0.717, 1.165) is 93.9 Å². The van der Waals surface area contributed by atoms with Gasteiger partial charge in [-0.1, -0.05) is 47.6 Å². The molecular weight excluding hydrogens is 486 g/mol. The average molecular weight is 525 g/mol. The molecule has 8 nitrogen and oxygen atoms in total. The zero-order valence-electron chi connectivity index (χ0n) is 22.5. The summed E-state index contributed by atoms with van der Waals surface area (Å²) in [5.41, 5.74) is 5.51. The number of nitrogens with one attached hydrogen (secondary N) is 2. The second-order valence-corrected chi connectivity index (χ2v) is 10.7. The summed E-state index contributed by atoms with van der Waals surface area (Å²) in [6.07, 6.45) is 9.55. The smallest absolute Gasteiger partial charge is 0.363 e. The topological polar surface area (TPSA) is 88.7 Å². The van der Waals surface area contributed by atoms with Gasteiger partial charge in [0, 0.05) is 54.9 Å². The van der Waals surface area contributed by atoms with E-state index in [-0.39, 0.29) is 6.10 Å². The maximum Gasteiger partial charge on any atom is 0.363 e. The van der Waals surface area contributed by atoms with E-state index < -0.39 is 0 Å². The van der Waals surface area contributed by atoms with Crippen molar-refractivity contribution < 1.29 is 9.79 Å². The van der Waals surface area contributed by atoms with E-state index in [4.69, 9.17) is 10.1 Å². The largest absolute Gasteiger partial charge is 0.393 e. The van der Waals surface area contributed by atoms with Crippen molar-refractivity contribution in [1.29, 1.82) is 0 Å². The van der Waals surface area contributed by atoms with Gasteiger partial charge in [-0.15, -0.1) is 4.68 Å². The van der Waals surface area contributed by atoms with Crippen molar-refractivity contribution >= 4 is 29.4 Å². The fourth-order valence-electron chi connectivity index (χ4n) is 5.67. The van der Waals surface area contributed by atoms with Crippen molar-refractivity contribution in [2.45, 2.75) is 44.6 Å². The highest BCUT2D eigenvalue weighted by molar-refractivity contribution is 6.15. The number of hydrazone groups is 1. The third kappa shape index (κ3) is 6.18. The predicted octanol–water partition coefficient (Wildman–Crippen LogP) is 3.96. The first-order valence-electron chi connectivity index (χ1n) is 14.3. The summed E-state index contributed by atoms with van der Waals surface area (Å²) < 4.78 is 1.95. The van der Waals surface area contributed by atoms with Gasteiger partial charge < -0.3 is 20.6 Å². The van der Waals surface area contributed by atoms with Crippen LogP contribution in [0.4, 0.5) is 17.5 Å². The normalized spacial score (nSPS) is 22.0. The molecule has 6 rings (SSSR count). The maximum atomic E-state index is 9.97. The van der Waals surface area contributed by atoms with Gasteiger partial charge in [-0.25, -0.2) is 0 Å². The second-order valence-electron chi connectivity index (χ2n) is 10.7. The molecular formula is C31H38N7O+. The van der Waals surface area contributed by atoms with Crippen molar-refractivity contribution in [2.75, 3.05) is 42.9 Å². The van der Waals surface area contributed by atoms with Crippen LogP contribution in [0, 0.1) is 5.92 Å². The summed E-state index contributed by atoms with van der Waals surface area (Å²) in [5.74, 6) is 1.82. The van der Waals surface area contributed by atoms with E-state index in [0.29, 0.717) is 11.9 Å². The Labute approximate surface area is 230 Å². The molecule has 3 N–H and O–H groups in total. The van der Waals surface area contributed by atoms with Gasteiger partial charge >= 0.3 is 11.8 Å². The van der Waals surface area contributed by atoms with Gasteiger partial charge in [0.25, 0.3) is 0 Å². The zero-order valence-corrected chi connectivity index (χ0v) is 22.5. The lowest BCUT2D eigenvalue weighted by molar-refractivity contribution is -0.442. The molecule has 0 bridgehead atoms. The van der Waals surface area contributed by atoms with E-state index in [1.165, 1.54) is 11.3 Å². The van der Waals surface area contributed by atoms with Crippen LogP contribution in [0.1, 0.15) is 48.8 Å². The number of hydrogen-bond donors (Lipinski definition) is 3. The second kappa shape index (κ2) is 12.1. The number of nitrogens with zero attached hydrogens (tertiary/aromatic N) is 5. The molecule has 1 saturated heterocycles. The Balaban J connectivity index is 1.21. The Morgan fingerprint density at radius 3 is 2.54 bits per heavy atom. The molecule has 2 fully saturated rings. The van der Waals surface area contributed by atoms with E-state index in [9.17, 15) is 5.11 Å². The Morgan fingerprint density at radius 1 is 1.00 bits per heavy atom. The standard InChI is InChI=1S/C31H38N7O/c39-27-14-8-24(9-15-27)22-38-30-28(21-34-31(35-30)33-16-4-7-23-5-2-1-3-6-23)29(36-38)25-10-12-26(13-11-25)37-19-17-32-18-20-37/h1-3,5-6,10-13,21-22,24,27,32,39H,4,7-9,14-20H2,(H,33,34,35)/q+1. The Morgan fingerprint density at radius 2 is 1.77 bits per heavy atom. The predicted molar refractivity (Wildman–Crippen MR) is 156 cm³/mol. The Hall–Kier alpha value is -3.62. The number of aliphatic hydroxyl groups is 1. The van der Waals surface area contributed by atoms with Crippen molar-refractivity contribution in [3.05, 3.63) is 77.5 Å². The first kappa shape index (κ1) is 25.6. The van der Waals surface area contributed by atoms with Crippen LogP contribution in [0.2, 0.25) is 0 Å². The molecule has 2 aliphatic heterocycles. The molecule has 3 heterocycles. The van der Waals surface area contributed by atoms with E-state index in [2.05, 4.69) is 81.3 Å². The summed E-state index contributed by atoms with van der Waals surface area (Å²) in [5, 5.41) is 21.8. The van der Waals surface area contributed by atoms with Gasteiger partial charge in [0.05, 0.1) is 12.3 Å². The van der Waals surface area contributed by atoms with Gasteiger partial charge in [0.1, 0.15) is 17.5 Å². The minimum Gasteiger partial charge on any atom is -0.393 e. The number of benzene rings is 2. The van der Waals surface area contributed by atoms with Gasteiger partial charge in [0.2, 0.25) is 0 Å². The Kier molecular flexibility index (Phi) is 7.93. The average Bonchev–Trinajstić information content (AvgIpc) is 3.35. The van der Waals surface area contributed by atoms with Gasteiger partial charge in [-0.05, 0) is 56.2 Å². The lowest BCUT2D eigenvalue weighted by atomic mass is 9.88. The molecule has 202 valence electrons. The molecule has 3 aliphatic rings. The number of rotatable bonds is 8. The van der Waals surface area contributed by atoms with Crippen LogP contribution in [-0.4, -0.2) is 70.5 Å². The molecule has 0 unspecified atom stereocenters. The van der Waals surface area contributed by atoms with Crippen LogP contribution >= 0.6 is 0 Å². The molecule has 0 radical (unpaired) electrons. The number of aryl methyl sites for hydroxylation is 1. The number of aromatic nitrogens is 2. The fourth-order valence-corrected chi connectivity index (χ4v) is 5.67. The number of piperazine rings is 1. The van der Waals surface area contributed by atoms with Crippen LogP contribution in [0.5, 0.6) is 0 Å². The molecule has 0 amide bonds. The molecule has 1 aromatic heterocycles. The highest BCUT2D eigenvalue weighted by Crippen LogP contribution is 2.30. The molecule has 39 heavy (non-hydrogen) atoms. The monoisotopic (exact) mass is 524 g/mol. The van der Waals surface area contributed by atoms with Crippen molar-refractivity contribution in [2.24, 2.45) is 11.0 Å². The van der Waals surface area contributed by atoms with Crippen molar-refractivity contribution in [1.82, 2.24) is 15.3 Å². The highest BCUT2D eigenvalue weighted by Gasteiger charge is 2.33. The third-order valence-corrected chi connectivity index (χ3v) is 7.93. The maximum absolute atomic E-state index is 9.97. The molecule has 3 aromatic rings. The van der Waals surface area contributed by atoms with Gasteiger partial charge in [-0.3, -0.25) is 0 Å². The quantitative estimate of drug-likeness (QED) is 0.305. The van der Waals surface area contributed by atoms with Crippen LogP contribution in [0.3, 0.4) is 0 Å². The SMILES string of the molecule is OC1CCC(C=[N+]2N=C(c3ccc(N4CCNCC4)cc3)c3cnc(NCCCc4ccccc4)nc32)CC1. The molecule has 2 aromatic carbocycles. The third-order valence-electron chi connectivity index (χ3n) is 7.93. The summed E-state index contributed by atoms with van der Waals surface area (Å²) in [6.45, 7) is 4.89. The summed E-state index contributed by atoms with van der Waals surface area (Å²) in [6, 6.07) is 19.3. The molecule has 1 aliphatic carbocycles. The number of hydrogen-bond acceptors (Lipinski definition) is 7. The van der Waals surface area contributed by atoms with Crippen molar-refractivity contribution in [3.63, 3.8) is 0 Å². The summed E-state index contributed by atoms with van der Waals surface area (Å²) in [7, 11) is 0. The zero-order chi connectivity index (χ0) is 26.4. The van der Waals surface area contributed by atoms with Crippen LogP contribution in [0.15, 0.2) is 65.9 Å². The van der Waals surface area contributed by atoms with Crippen LogP contribution in [0.25, 0.3) is 0 Å². The fraction of sp³-hybridized carbons (Fsp3) is 0.419. The van der Waals surface area contributed by atoms with Crippen LogP contribution < -0.4 is 15.5 Å². The Bertz CT molecular complexity index is 1310. The first-order chi connectivity index (χ1) is 19.2. The van der Waals surface area contributed by atoms with Crippen LogP contribution in [-0.2, 0) is 6.42 Å². The first-order valence-corrected chi connectivity index (χ1v) is 14.3. The molecule has 0 atom stereocenters. The van der Waals surface area contributed by atoms with Crippen molar-refractivity contribution in [3.8, 4) is 0 Å². The lowest BCUT2D eigenvalue weighted by Gasteiger charge is -2.29. The van der Waals surface area contributed by atoms with E-state index in [1.807, 2.05) is 10.9 Å². The molecule has 0 spiro atoms. The summed E-state index contributed by atoms with van der Waals surface area (Å²) >= 11 is 0. The number of anilines is 2. The minimum atomic E-state index is -0.178. The van der Waals surface area contributed by atoms with Gasteiger partial charge in [-0.2, -0.15) is 4.98 Å². The molecule has 8 heteroatoms.